The number of hydrazone groups is 1. The molecule has 9 heavy (non-hydrogen) atoms. The van der Waals surface area contributed by atoms with Gasteiger partial charge in [0, 0.05) is 7.05 Å². The highest BCUT2D eigenvalue weighted by Gasteiger charge is 2.30. The molecule has 0 aromatic heterocycles. The average Bonchev–Trinajstić information content (AvgIpc) is 1.98. The Morgan fingerprint density at radius 1 is 1.78 bits per heavy atom. The first-order valence-electron chi connectivity index (χ1n) is 2.59. The minimum Gasteiger partial charge on any atom is -0.269 e. The molecular weight excluding hydrogens is 123 g/mol. The molecule has 1 amide bonds. The van der Waals surface area contributed by atoms with Gasteiger partial charge in [0.25, 0.3) is 5.91 Å². The van der Waals surface area contributed by atoms with Gasteiger partial charge in [-0.15, -0.1) is 0 Å². The Morgan fingerprint density at radius 3 is 2.44 bits per heavy atom. The first-order valence-corrected chi connectivity index (χ1v) is 2.59. The highest BCUT2D eigenvalue weighted by Crippen LogP contribution is 2.08. The monoisotopic (exact) mass is 130 g/mol. The van der Waals surface area contributed by atoms with Crippen LogP contribution < -0.4 is 0 Å². The van der Waals surface area contributed by atoms with Crippen LogP contribution in [-0.2, 0) is 4.79 Å². The van der Waals surface area contributed by atoms with Crippen molar-refractivity contribution in [2.75, 3.05) is 7.05 Å². The topological polar surface area (TPSA) is 32.7 Å². The molecule has 0 aromatic carbocycles. The lowest BCUT2D eigenvalue weighted by atomic mass is 10.3. The van der Waals surface area contributed by atoms with Gasteiger partial charge in [0.1, 0.15) is 0 Å². The fourth-order valence-electron chi connectivity index (χ4n) is 0.679. The zero-order valence-electron chi connectivity index (χ0n) is 5.26. The van der Waals surface area contributed by atoms with Crippen molar-refractivity contribution in [2.45, 2.75) is 13.1 Å². The Labute approximate surface area is 52.1 Å². The van der Waals surface area contributed by atoms with Crippen LogP contribution >= 0.6 is 0 Å². The lowest BCUT2D eigenvalue weighted by Gasteiger charge is -2.00. The lowest BCUT2D eigenvalue weighted by molar-refractivity contribution is -0.131. The summed E-state index contributed by atoms with van der Waals surface area (Å²) in [5, 5.41) is 4.59. The predicted octanol–water partition coefficient (Wildman–Crippen LogP) is 0.172. The van der Waals surface area contributed by atoms with Crippen molar-refractivity contribution in [3.63, 3.8) is 0 Å². The summed E-state index contributed by atoms with van der Waals surface area (Å²) in [6.45, 7) is 1.49. The van der Waals surface area contributed by atoms with E-state index >= 15 is 0 Å². The molecule has 1 aliphatic heterocycles. The highest BCUT2D eigenvalue weighted by molar-refractivity contribution is 6.09. The summed E-state index contributed by atoms with van der Waals surface area (Å²) in [6, 6.07) is 0. The number of nitrogens with zero attached hydrogens (tertiary/aromatic N) is 2. The molecular formula is C5H7FN2O. The quantitative estimate of drug-likeness (QED) is 0.460. The molecule has 0 fully saturated rings. The first-order chi connectivity index (χ1) is 4.13. The normalized spacial score (nSPS) is 27.0. The van der Waals surface area contributed by atoms with Gasteiger partial charge in [-0.3, -0.25) is 4.79 Å². The fraction of sp³-hybridized carbons (Fsp3) is 0.600. The number of carbonyl (C=O) groups is 1. The van der Waals surface area contributed by atoms with Crippen molar-refractivity contribution in [2.24, 2.45) is 5.10 Å². The van der Waals surface area contributed by atoms with Crippen LogP contribution in [0.25, 0.3) is 0 Å². The molecule has 3 nitrogen and oxygen atoms in total. The van der Waals surface area contributed by atoms with Gasteiger partial charge in [-0.2, -0.15) is 5.10 Å². The van der Waals surface area contributed by atoms with Crippen LogP contribution in [0.5, 0.6) is 0 Å². The molecule has 1 unspecified atom stereocenters. The molecule has 4 heteroatoms. The Balaban J connectivity index is 2.82. The van der Waals surface area contributed by atoms with Gasteiger partial charge in [0.2, 0.25) is 6.17 Å². The van der Waals surface area contributed by atoms with E-state index in [0.717, 1.165) is 5.01 Å². The van der Waals surface area contributed by atoms with Crippen LogP contribution in [-0.4, -0.2) is 29.8 Å². The van der Waals surface area contributed by atoms with Gasteiger partial charge >= 0.3 is 0 Å². The standard InChI is InChI=1S/C5H7FN2O/c1-3-4(6)5(9)8(2)7-3/h4H,1-2H3. The van der Waals surface area contributed by atoms with E-state index in [0.29, 0.717) is 0 Å². The van der Waals surface area contributed by atoms with Crippen molar-refractivity contribution in [3.05, 3.63) is 0 Å². The third-order valence-corrected chi connectivity index (χ3v) is 1.21. The summed E-state index contributed by atoms with van der Waals surface area (Å²) in [4.78, 5) is 10.6. The Bertz CT molecular complexity index is 178. The molecule has 50 valence electrons. The first kappa shape index (κ1) is 6.19. The van der Waals surface area contributed by atoms with Crippen LogP contribution in [0.15, 0.2) is 5.10 Å². The second-order valence-corrected chi connectivity index (χ2v) is 1.97. The molecule has 0 radical (unpaired) electrons. The zero-order chi connectivity index (χ0) is 7.02. The number of hydrogen-bond acceptors (Lipinski definition) is 2. The van der Waals surface area contributed by atoms with Crippen molar-refractivity contribution in [3.8, 4) is 0 Å². The van der Waals surface area contributed by atoms with E-state index in [-0.39, 0.29) is 5.71 Å². The van der Waals surface area contributed by atoms with E-state index in [1.165, 1.54) is 14.0 Å². The molecule has 0 aliphatic carbocycles. The van der Waals surface area contributed by atoms with Gasteiger partial charge < -0.3 is 0 Å². The Hall–Kier alpha value is -0.930. The van der Waals surface area contributed by atoms with E-state index in [9.17, 15) is 9.18 Å². The highest BCUT2D eigenvalue weighted by atomic mass is 19.1. The van der Waals surface area contributed by atoms with E-state index in [1.807, 2.05) is 0 Å². The number of amides is 1. The van der Waals surface area contributed by atoms with Crippen LogP contribution in [0.3, 0.4) is 0 Å². The molecule has 0 saturated heterocycles. The number of halogens is 1. The van der Waals surface area contributed by atoms with Crippen molar-refractivity contribution in [1.29, 1.82) is 0 Å². The second kappa shape index (κ2) is 1.79. The molecule has 1 aliphatic rings. The zero-order valence-corrected chi connectivity index (χ0v) is 5.26. The number of hydrogen-bond donors (Lipinski definition) is 0. The van der Waals surface area contributed by atoms with Crippen LogP contribution in [0.4, 0.5) is 4.39 Å². The molecule has 0 bridgehead atoms. The van der Waals surface area contributed by atoms with Crippen LogP contribution in [0, 0.1) is 0 Å². The summed E-state index contributed by atoms with van der Waals surface area (Å²) in [5.41, 5.74) is 0.238. The molecule has 0 saturated carbocycles. The van der Waals surface area contributed by atoms with Gasteiger partial charge in [-0.05, 0) is 6.92 Å². The molecule has 0 aromatic rings. The number of carbonyl (C=O) groups excluding carboxylic acids is 1. The van der Waals surface area contributed by atoms with E-state index in [2.05, 4.69) is 5.10 Å². The van der Waals surface area contributed by atoms with Crippen molar-refractivity contribution < 1.29 is 9.18 Å². The molecule has 1 atom stereocenters. The minimum absolute atomic E-state index is 0.238. The van der Waals surface area contributed by atoms with Crippen LogP contribution in [0.1, 0.15) is 6.92 Å². The smallest absolute Gasteiger partial charge is 0.269 e. The van der Waals surface area contributed by atoms with Crippen molar-refractivity contribution in [1.82, 2.24) is 5.01 Å². The maximum Gasteiger partial charge on any atom is 0.282 e. The second-order valence-electron chi connectivity index (χ2n) is 1.97. The Kier molecular flexibility index (Phi) is 1.23. The Morgan fingerprint density at radius 2 is 2.33 bits per heavy atom. The van der Waals surface area contributed by atoms with E-state index < -0.39 is 12.1 Å². The van der Waals surface area contributed by atoms with Gasteiger partial charge in [-0.25, -0.2) is 9.40 Å². The summed E-state index contributed by atoms with van der Waals surface area (Å²) in [7, 11) is 1.44. The van der Waals surface area contributed by atoms with Gasteiger partial charge in [0.15, 0.2) is 0 Å². The molecule has 0 N–H and O–H groups in total. The largest absolute Gasteiger partial charge is 0.282 e. The molecule has 1 heterocycles. The van der Waals surface area contributed by atoms with Crippen LogP contribution in [0.2, 0.25) is 0 Å². The van der Waals surface area contributed by atoms with E-state index in [4.69, 9.17) is 0 Å². The maximum atomic E-state index is 12.4. The SMILES string of the molecule is CC1=NN(C)C(=O)C1F. The number of rotatable bonds is 0. The maximum absolute atomic E-state index is 12.4. The summed E-state index contributed by atoms with van der Waals surface area (Å²) in [5.74, 6) is -0.576. The van der Waals surface area contributed by atoms with Gasteiger partial charge in [-0.1, -0.05) is 0 Å². The predicted molar refractivity (Wildman–Crippen MR) is 30.8 cm³/mol. The fourth-order valence-corrected chi connectivity index (χ4v) is 0.679. The summed E-state index contributed by atoms with van der Waals surface area (Å²) in [6.07, 6.45) is -1.50. The summed E-state index contributed by atoms with van der Waals surface area (Å²) >= 11 is 0. The molecule has 0 spiro atoms. The molecule has 1 rings (SSSR count). The minimum atomic E-state index is -1.50. The average molecular weight is 130 g/mol. The van der Waals surface area contributed by atoms with Gasteiger partial charge in [0.05, 0.1) is 5.71 Å². The number of alkyl halides is 1. The van der Waals surface area contributed by atoms with E-state index in [1.54, 1.807) is 0 Å². The van der Waals surface area contributed by atoms with Crippen molar-refractivity contribution >= 4 is 11.6 Å². The lowest BCUT2D eigenvalue weighted by Crippen LogP contribution is -2.24. The third-order valence-electron chi connectivity index (χ3n) is 1.21. The third kappa shape index (κ3) is 0.800. The summed E-state index contributed by atoms with van der Waals surface area (Å²) < 4.78 is 12.4.